The molecule has 1 aliphatic rings. The number of carbonyl (C=O) groups is 3. The predicted molar refractivity (Wildman–Crippen MR) is 58.7 cm³/mol. The number of hydrogen-bond acceptors (Lipinski definition) is 6. The van der Waals surface area contributed by atoms with Crippen LogP contribution in [0, 0.1) is 0 Å². The van der Waals surface area contributed by atoms with Crippen molar-refractivity contribution < 1.29 is 29.7 Å². The number of aromatic hydroxyl groups is 2. The maximum absolute atomic E-state index is 11.7. The largest absolute Gasteiger partial charge is 0.507 e. The molecule has 18 heavy (non-hydrogen) atoms. The Balaban J connectivity index is 2.82. The van der Waals surface area contributed by atoms with Gasteiger partial charge in [-0.25, -0.2) is 0 Å². The van der Waals surface area contributed by atoms with Gasteiger partial charge in [0.1, 0.15) is 11.5 Å². The first-order chi connectivity index (χ1) is 8.34. The molecular weight excluding hydrogens is 240 g/mol. The zero-order chi connectivity index (χ0) is 13.6. The number of ketones is 3. The summed E-state index contributed by atoms with van der Waals surface area (Å²) in [5.74, 6) is -3.83. The number of hydrogen-bond donors (Lipinski definition) is 3. The summed E-state index contributed by atoms with van der Waals surface area (Å²) in [5, 5.41) is 28.9. The van der Waals surface area contributed by atoms with E-state index in [4.69, 9.17) is 0 Å². The maximum Gasteiger partial charge on any atom is 0.233 e. The molecule has 1 aliphatic carbocycles. The quantitative estimate of drug-likeness (QED) is 0.380. The molecule has 3 N–H and O–H groups in total. The number of Topliss-reactive ketones (excluding diaryl/α,β-unsaturated/α-hetero) is 3. The van der Waals surface area contributed by atoms with Crippen molar-refractivity contribution in [2.24, 2.45) is 0 Å². The Hall–Kier alpha value is -2.21. The molecule has 1 aromatic rings. The van der Waals surface area contributed by atoms with Crippen LogP contribution >= 0.6 is 0 Å². The average molecular weight is 250 g/mol. The standard InChI is InChI=1S/C12H10O6/c1-4(13)5-2-6(14)10-9(11(5)17)7(15)3-8(16)12(10)18/h2,4,13-14,17H,3H2,1H3. The van der Waals surface area contributed by atoms with E-state index < -0.39 is 52.5 Å². The topological polar surface area (TPSA) is 112 Å². The summed E-state index contributed by atoms with van der Waals surface area (Å²) in [5.41, 5.74) is -0.949. The summed E-state index contributed by atoms with van der Waals surface area (Å²) in [6.45, 7) is 1.33. The Bertz CT molecular complexity index is 585. The molecule has 6 heteroatoms. The van der Waals surface area contributed by atoms with Crippen molar-refractivity contribution in [2.45, 2.75) is 19.4 Å². The number of fused-ring (bicyclic) bond motifs is 1. The lowest BCUT2D eigenvalue weighted by atomic mass is 9.85. The van der Waals surface area contributed by atoms with Crippen LogP contribution in [0.2, 0.25) is 0 Å². The number of phenols is 2. The minimum absolute atomic E-state index is 0.0678. The predicted octanol–water partition coefficient (Wildman–Crippen LogP) is 0.489. The molecule has 0 aromatic heterocycles. The molecule has 1 aromatic carbocycles. The highest BCUT2D eigenvalue weighted by Gasteiger charge is 2.37. The normalized spacial score (nSPS) is 16.7. The van der Waals surface area contributed by atoms with Crippen molar-refractivity contribution in [2.75, 3.05) is 0 Å². The Labute approximate surface area is 101 Å². The maximum atomic E-state index is 11.7. The van der Waals surface area contributed by atoms with Gasteiger partial charge in [-0.05, 0) is 13.0 Å². The zero-order valence-electron chi connectivity index (χ0n) is 9.43. The molecule has 2 rings (SSSR count). The third-order valence-electron chi connectivity index (χ3n) is 2.84. The first-order valence-electron chi connectivity index (χ1n) is 5.22. The van der Waals surface area contributed by atoms with Crippen molar-refractivity contribution in [1.82, 2.24) is 0 Å². The summed E-state index contributed by atoms with van der Waals surface area (Å²) in [6.07, 6.45) is -1.76. The zero-order valence-corrected chi connectivity index (χ0v) is 9.43. The van der Waals surface area contributed by atoms with Crippen molar-refractivity contribution in [1.29, 1.82) is 0 Å². The monoisotopic (exact) mass is 250 g/mol. The molecule has 0 radical (unpaired) electrons. The molecule has 6 nitrogen and oxygen atoms in total. The summed E-state index contributed by atoms with van der Waals surface area (Å²) in [7, 11) is 0. The Morgan fingerprint density at radius 2 is 1.72 bits per heavy atom. The van der Waals surface area contributed by atoms with E-state index in [-0.39, 0.29) is 5.56 Å². The Morgan fingerprint density at radius 1 is 1.11 bits per heavy atom. The van der Waals surface area contributed by atoms with Gasteiger partial charge in [0, 0.05) is 5.56 Å². The van der Waals surface area contributed by atoms with Gasteiger partial charge < -0.3 is 15.3 Å². The van der Waals surface area contributed by atoms with Crippen molar-refractivity contribution in [3.8, 4) is 11.5 Å². The van der Waals surface area contributed by atoms with E-state index in [1.54, 1.807) is 0 Å². The fourth-order valence-electron chi connectivity index (χ4n) is 1.95. The van der Waals surface area contributed by atoms with E-state index in [0.29, 0.717) is 0 Å². The second kappa shape index (κ2) is 3.92. The fraction of sp³-hybridized carbons (Fsp3) is 0.250. The first kappa shape index (κ1) is 12.3. The Kier molecular flexibility index (Phi) is 2.67. The molecule has 0 aliphatic heterocycles. The number of rotatable bonds is 1. The van der Waals surface area contributed by atoms with Crippen LogP contribution in [0.15, 0.2) is 6.07 Å². The SMILES string of the molecule is CC(O)c1cc(O)c2c(c1O)C(=O)CC(=O)C2=O. The first-order valence-corrected chi connectivity index (χ1v) is 5.22. The molecule has 0 heterocycles. The van der Waals surface area contributed by atoms with Crippen LogP contribution in [0.1, 0.15) is 45.7 Å². The minimum Gasteiger partial charge on any atom is -0.507 e. The lowest BCUT2D eigenvalue weighted by molar-refractivity contribution is -0.114. The van der Waals surface area contributed by atoms with Crippen LogP contribution in [-0.2, 0) is 4.79 Å². The van der Waals surface area contributed by atoms with E-state index >= 15 is 0 Å². The van der Waals surface area contributed by atoms with Gasteiger partial charge in [-0.3, -0.25) is 14.4 Å². The van der Waals surface area contributed by atoms with Gasteiger partial charge in [0.05, 0.1) is 23.7 Å². The average Bonchev–Trinajstić information content (AvgIpc) is 2.28. The number of benzene rings is 1. The summed E-state index contributed by atoms with van der Waals surface area (Å²) >= 11 is 0. The number of aliphatic hydroxyl groups is 1. The van der Waals surface area contributed by atoms with Gasteiger partial charge in [0.15, 0.2) is 5.78 Å². The van der Waals surface area contributed by atoms with Gasteiger partial charge in [-0.2, -0.15) is 0 Å². The molecular formula is C12H10O6. The smallest absolute Gasteiger partial charge is 0.233 e. The van der Waals surface area contributed by atoms with Gasteiger partial charge >= 0.3 is 0 Å². The Morgan fingerprint density at radius 3 is 2.28 bits per heavy atom. The third-order valence-corrected chi connectivity index (χ3v) is 2.84. The highest BCUT2D eigenvalue weighted by atomic mass is 16.3. The number of phenolic OH excluding ortho intramolecular Hbond substituents is 2. The fourth-order valence-corrected chi connectivity index (χ4v) is 1.95. The van der Waals surface area contributed by atoms with Crippen LogP contribution in [0.3, 0.4) is 0 Å². The molecule has 94 valence electrons. The highest BCUT2D eigenvalue weighted by Crippen LogP contribution is 2.39. The van der Waals surface area contributed by atoms with E-state index in [1.165, 1.54) is 6.92 Å². The number of carbonyl (C=O) groups excluding carboxylic acids is 3. The van der Waals surface area contributed by atoms with Crippen LogP contribution in [0.5, 0.6) is 11.5 Å². The molecule has 0 fully saturated rings. The van der Waals surface area contributed by atoms with Crippen molar-refractivity contribution >= 4 is 17.3 Å². The van der Waals surface area contributed by atoms with Crippen LogP contribution in [-0.4, -0.2) is 32.7 Å². The molecule has 0 saturated carbocycles. The molecule has 0 spiro atoms. The van der Waals surface area contributed by atoms with Crippen molar-refractivity contribution in [3.63, 3.8) is 0 Å². The van der Waals surface area contributed by atoms with Crippen LogP contribution in [0.25, 0.3) is 0 Å². The lowest BCUT2D eigenvalue weighted by Gasteiger charge is -2.19. The summed E-state index contributed by atoms with van der Waals surface area (Å²) in [6, 6.07) is 0.975. The summed E-state index contributed by atoms with van der Waals surface area (Å²) < 4.78 is 0. The van der Waals surface area contributed by atoms with E-state index in [1.807, 2.05) is 0 Å². The van der Waals surface area contributed by atoms with Crippen LogP contribution in [0.4, 0.5) is 0 Å². The molecule has 1 unspecified atom stereocenters. The summed E-state index contributed by atoms with van der Waals surface area (Å²) in [4.78, 5) is 34.5. The lowest BCUT2D eigenvalue weighted by Crippen LogP contribution is -2.27. The third kappa shape index (κ3) is 1.58. The van der Waals surface area contributed by atoms with Gasteiger partial charge in [-0.1, -0.05) is 0 Å². The number of aliphatic hydroxyl groups excluding tert-OH is 1. The van der Waals surface area contributed by atoms with Gasteiger partial charge in [0.2, 0.25) is 11.6 Å². The van der Waals surface area contributed by atoms with Crippen molar-refractivity contribution in [3.05, 3.63) is 22.8 Å². The van der Waals surface area contributed by atoms with E-state index in [0.717, 1.165) is 6.07 Å². The second-order valence-corrected chi connectivity index (χ2v) is 4.11. The molecule has 0 bridgehead atoms. The van der Waals surface area contributed by atoms with E-state index in [2.05, 4.69) is 0 Å². The van der Waals surface area contributed by atoms with Gasteiger partial charge in [0.25, 0.3) is 0 Å². The molecule has 0 saturated heterocycles. The van der Waals surface area contributed by atoms with Gasteiger partial charge in [-0.15, -0.1) is 0 Å². The minimum atomic E-state index is -1.12. The molecule has 0 amide bonds. The van der Waals surface area contributed by atoms with E-state index in [9.17, 15) is 29.7 Å². The highest BCUT2D eigenvalue weighted by molar-refractivity contribution is 6.51. The van der Waals surface area contributed by atoms with Crippen LogP contribution < -0.4 is 0 Å². The second-order valence-electron chi connectivity index (χ2n) is 4.11. The molecule has 1 atom stereocenters.